The molecule has 1 N–H and O–H groups in total. The van der Waals surface area contributed by atoms with Crippen molar-refractivity contribution in [1.82, 2.24) is 15.1 Å². The van der Waals surface area contributed by atoms with Crippen molar-refractivity contribution in [2.24, 2.45) is 11.3 Å². The number of fused-ring (bicyclic) bond motifs is 1. The van der Waals surface area contributed by atoms with Crippen LogP contribution in [0.2, 0.25) is 0 Å². The van der Waals surface area contributed by atoms with Crippen LogP contribution in [0.5, 0.6) is 0 Å². The van der Waals surface area contributed by atoms with Gasteiger partial charge in [-0.1, -0.05) is 41.0 Å². The number of benzene rings is 1. The van der Waals surface area contributed by atoms with Gasteiger partial charge in [-0.25, -0.2) is 0 Å². The number of carbonyl (C=O) groups excluding carboxylic acids is 3. The number of ether oxygens (including phenoxy) is 1. The second kappa shape index (κ2) is 12.2. The second-order valence-electron chi connectivity index (χ2n) is 11.9. The van der Waals surface area contributed by atoms with Gasteiger partial charge >= 0.3 is 0 Å². The van der Waals surface area contributed by atoms with Crippen molar-refractivity contribution in [3.05, 3.63) is 29.8 Å². The summed E-state index contributed by atoms with van der Waals surface area (Å²) in [6.07, 6.45) is 3.52. The molecule has 4 atom stereocenters. The minimum absolute atomic E-state index is 0.0348. The Morgan fingerprint density at radius 2 is 1.74 bits per heavy atom. The first-order chi connectivity index (χ1) is 18.2. The predicted octanol–water partition coefficient (Wildman–Crippen LogP) is 3.35. The van der Waals surface area contributed by atoms with E-state index in [-0.39, 0.29) is 36.2 Å². The monoisotopic (exact) mass is 526 g/mol. The summed E-state index contributed by atoms with van der Waals surface area (Å²) in [5.74, 6) is -0.330. The summed E-state index contributed by atoms with van der Waals surface area (Å²) in [5.41, 5.74) is 1.17. The van der Waals surface area contributed by atoms with E-state index in [0.717, 1.165) is 51.3 Å². The van der Waals surface area contributed by atoms with Gasteiger partial charge in [-0.05, 0) is 55.5 Å². The van der Waals surface area contributed by atoms with E-state index in [1.165, 1.54) is 6.42 Å². The fourth-order valence-corrected chi connectivity index (χ4v) is 6.15. The normalized spacial score (nSPS) is 25.0. The zero-order valence-corrected chi connectivity index (χ0v) is 23.9. The van der Waals surface area contributed by atoms with Gasteiger partial charge in [0.2, 0.25) is 5.91 Å². The van der Waals surface area contributed by atoms with Gasteiger partial charge in [0, 0.05) is 49.9 Å². The molecule has 1 aromatic carbocycles. The first-order valence-corrected chi connectivity index (χ1v) is 14.5. The Bertz CT molecular complexity index is 986. The van der Waals surface area contributed by atoms with Crippen LogP contribution in [0.4, 0.5) is 5.69 Å². The summed E-state index contributed by atoms with van der Waals surface area (Å²) in [7, 11) is 0. The van der Waals surface area contributed by atoms with E-state index in [1.54, 1.807) is 4.90 Å². The van der Waals surface area contributed by atoms with E-state index < -0.39 is 17.5 Å². The summed E-state index contributed by atoms with van der Waals surface area (Å²) in [5, 5.41) is 3.06. The van der Waals surface area contributed by atoms with E-state index in [0.29, 0.717) is 18.5 Å². The van der Waals surface area contributed by atoms with Crippen LogP contribution in [0.15, 0.2) is 24.3 Å². The van der Waals surface area contributed by atoms with E-state index in [2.05, 4.69) is 29.0 Å². The molecule has 3 aliphatic rings. The van der Waals surface area contributed by atoms with Crippen LogP contribution >= 0.6 is 0 Å². The molecule has 38 heavy (non-hydrogen) atoms. The van der Waals surface area contributed by atoms with E-state index in [1.807, 2.05) is 45.0 Å². The minimum atomic E-state index is -0.735. The van der Waals surface area contributed by atoms with Crippen LogP contribution in [0.1, 0.15) is 70.7 Å². The maximum Gasteiger partial charge on any atom is 0.251 e. The van der Waals surface area contributed by atoms with Gasteiger partial charge in [0.1, 0.15) is 18.7 Å². The van der Waals surface area contributed by atoms with Crippen LogP contribution in [-0.2, 0) is 14.3 Å². The lowest BCUT2D eigenvalue weighted by Crippen LogP contribution is -2.57. The third-order valence-corrected chi connectivity index (χ3v) is 8.86. The van der Waals surface area contributed by atoms with Gasteiger partial charge < -0.3 is 19.9 Å². The first kappa shape index (κ1) is 28.6. The summed E-state index contributed by atoms with van der Waals surface area (Å²) < 4.78 is 5.82. The number of anilines is 1. The molecular formula is C30H46N4O4. The topological polar surface area (TPSA) is 82.2 Å². The average molecular weight is 527 g/mol. The molecule has 0 aliphatic carbocycles. The highest BCUT2D eigenvalue weighted by atomic mass is 16.5. The number of hydrogen-bond donors (Lipinski definition) is 1. The summed E-state index contributed by atoms with van der Waals surface area (Å²) in [6, 6.07) is 6.42. The molecule has 8 nitrogen and oxygen atoms in total. The molecule has 0 bridgehead atoms. The zero-order chi connectivity index (χ0) is 27.4. The maximum absolute atomic E-state index is 14.0. The third kappa shape index (κ3) is 5.91. The van der Waals surface area contributed by atoms with Crippen molar-refractivity contribution in [2.45, 2.75) is 78.5 Å². The number of ketones is 1. The molecule has 0 saturated carbocycles. The van der Waals surface area contributed by atoms with Gasteiger partial charge in [-0.15, -0.1) is 0 Å². The Kier molecular flexibility index (Phi) is 9.14. The Balaban J connectivity index is 1.46. The molecule has 3 fully saturated rings. The molecule has 3 aliphatic heterocycles. The Labute approximate surface area is 228 Å². The lowest BCUT2D eigenvalue weighted by molar-refractivity contribution is -0.140. The van der Waals surface area contributed by atoms with Crippen molar-refractivity contribution in [2.75, 3.05) is 50.8 Å². The summed E-state index contributed by atoms with van der Waals surface area (Å²) in [4.78, 5) is 46.6. The molecule has 3 heterocycles. The number of nitrogens with zero attached hydrogens (tertiary/aromatic N) is 3. The standard InChI is InChI=1S/C30H46N4O4/c1-6-9-22-19-34(25-24(35)20-38-26(22)25)29(37)27(30(4,5)8-3)31-28(36)21-10-12-23(13-11-21)33-17-15-32(14-7-2)16-18-33/h10-13,22,25-27H,6-9,14-20H2,1-5H3,(H,31,36)/t22-,25+,26+,27?/m0/s1. The Morgan fingerprint density at radius 1 is 1.05 bits per heavy atom. The first-order valence-electron chi connectivity index (χ1n) is 14.5. The van der Waals surface area contributed by atoms with E-state index in [9.17, 15) is 14.4 Å². The molecule has 2 amide bonds. The fraction of sp³-hybridized carbons (Fsp3) is 0.700. The van der Waals surface area contributed by atoms with E-state index >= 15 is 0 Å². The third-order valence-electron chi connectivity index (χ3n) is 8.86. The highest BCUT2D eigenvalue weighted by molar-refractivity contribution is 5.99. The number of hydrogen-bond acceptors (Lipinski definition) is 6. The van der Waals surface area contributed by atoms with Crippen LogP contribution in [0, 0.1) is 11.3 Å². The molecule has 0 aromatic heterocycles. The quantitative estimate of drug-likeness (QED) is 0.504. The minimum Gasteiger partial charge on any atom is -0.369 e. The Morgan fingerprint density at radius 3 is 2.34 bits per heavy atom. The highest BCUT2D eigenvalue weighted by Gasteiger charge is 2.53. The molecule has 4 rings (SSSR count). The molecule has 1 aromatic rings. The molecule has 8 heteroatoms. The highest BCUT2D eigenvalue weighted by Crippen LogP contribution is 2.36. The molecule has 0 radical (unpaired) electrons. The molecular weight excluding hydrogens is 480 g/mol. The van der Waals surface area contributed by atoms with Crippen molar-refractivity contribution in [3.63, 3.8) is 0 Å². The number of Topliss-reactive ketones (excluding diaryl/α,β-unsaturated/α-hetero) is 1. The summed E-state index contributed by atoms with van der Waals surface area (Å²) >= 11 is 0. The van der Waals surface area contributed by atoms with Crippen molar-refractivity contribution >= 4 is 23.3 Å². The molecule has 3 saturated heterocycles. The number of rotatable bonds is 10. The zero-order valence-electron chi connectivity index (χ0n) is 23.9. The maximum atomic E-state index is 14.0. The number of carbonyl (C=O) groups is 3. The van der Waals surface area contributed by atoms with Gasteiger partial charge in [-0.3, -0.25) is 19.3 Å². The second-order valence-corrected chi connectivity index (χ2v) is 11.9. The lowest BCUT2D eigenvalue weighted by atomic mass is 9.80. The van der Waals surface area contributed by atoms with Crippen molar-refractivity contribution in [3.8, 4) is 0 Å². The van der Waals surface area contributed by atoms with Crippen LogP contribution in [0.3, 0.4) is 0 Å². The average Bonchev–Trinajstić information content (AvgIpc) is 3.48. The lowest BCUT2D eigenvalue weighted by Gasteiger charge is -2.37. The largest absolute Gasteiger partial charge is 0.369 e. The molecule has 0 spiro atoms. The van der Waals surface area contributed by atoms with Crippen LogP contribution in [-0.4, -0.2) is 91.5 Å². The molecule has 1 unspecified atom stereocenters. The number of likely N-dealkylation sites (tertiary alicyclic amines) is 1. The number of nitrogens with one attached hydrogen (secondary N) is 1. The molecule has 210 valence electrons. The van der Waals surface area contributed by atoms with Crippen LogP contribution in [0.25, 0.3) is 0 Å². The van der Waals surface area contributed by atoms with Crippen molar-refractivity contribution in [1.29, 1.82) is 0 Å². The van der Waals surface area contributed by atoms with Gasteiger partial charge in [0.15, 0.2) is 5.78 Å². The van der Waals surface area contributed by atoms with Crippen molar-refractivity contribution < 1.29 is 19.1 Å². The number of amides is 2. The SMILES string of the molecule is CCC[C@H]1CN(C(=O)C(NC(=O)c2ccc(N3CCN(CCC)CC3)cc2)C(C)(C)CC)[C@@H]2C(=O)CO[C@H]12. The smallest absolute Gasteiger partial charge is 0.251 e. The van der Waals surface area contributed by atoms with Gasteiger partial charge in [0.25, 0.3) is 5.91 Å². The van der Waals surface area contributed by atoms with E-state index in [4.69, 9.17) is 4.74 Å². The fourth-order valence-electron chi connectivity index (χ4n) is 6.15. The van der Waals surface area contributed by atoms with Crippen LogP contribution < -0.4 is 10.2 Å². The summed E-state index contributed by atoms with van der Waals surface area (Å²) in [6.45, 7) is 16.1. The van der Waals surface area contributed by atoms with Gasteiger partial charge in [-0.2, -0.15) is 0 Å². The van der Waals surface area contributed by atoms with Gasteiger partial charge in [0.05, 0.1) is 6.10 Å². The predicted molar refractivity (Wildman–Crippen MR) is 149 cm³/mol. The number of piperazine rings is 1. The Hall–Kier alpha value is -2.45.